The number of nitrogens with two attached hydrogens (primary N) is 2. The van der Waals surface area contributed by atoms with E-state index in [0.29, 0.717) is 33.6 Å². The van der Waals surface area contributed by atoms with Gasteiger partial charge in [0, 0.05) is 33.6 Å². The maximum Gasteiger partial charge on any atom is 0.195 e. The topological polar surface area (TPSA) is 86.2 Å². The molecule has 0 bridgehead atoms. The number of para-hydroxylation sites is 2. The van der Waals surface area contributed by atoms with Crippen LogP contribution in [0, 0.1) is 0 Å². The standard InChI is InChI=1S/C24H20N2O2/c1-15(23(27)19-11-5-7-13-21(19)25)17-9-3-4-10-18(17)16(2)24(28)20-12-6-8-14-22(20)26/h3-14H,1-2,25-26H2. The Kier molecular flexibility index (Phi) is 5.23. The summed E-state index contributed by atoms with van der Waals surface area (Å²) in [5.74, 6) is -0.602. The first-order chi connectivity index (χ1) is 13.4. The van der Waals surface area contributed by atoms with E-state index in [1.54, 1.807) is 72.8 Å². The Morgan fingerprint density at radius 1 is 0.536 bits per heavy atom. The lowest BCUT2D eigenvalue weighted by atomic mass is 9.88. The number of carbonyl (C=O) groups is 2. The normalized spacial score (nSPS) is 10.3. The van der Waals surface area contributed by atoms with Crippen molar-refractivity contribution in [3.63, 3.8) is 0 Å². The minimum Gasteiger partial charge on any atom is -0.398 e. The van der Waals surface area contributed by atoms with E-state index < -0.39 is 0 Å². The van der Waals surface area contributed by atoms with Gasteiger partial charge in [0.15, 0.2) is 11.6 Å². The fourth-order valence-electron chi connectivity index (χ4n) is 2.99. The summed E-state index contributed by atoms with van der Waals surface area (Å²) in [7, 11) is 0. The number of rotatable bonds is 6. The molecule has 3 rings (SSSR count). The molecule has 4 N–H and O–H groups in total. The molecule has 138 valence electrons. The Bertz CT molecular complexity index is 1020. The van der Waals surface area contributed by atoms with E-state index in [1.165, 1.54) is 0 Å². The molecule has 0 aromatic heterocycles. The minimum absolute atomic E-state index is 0.239. The first-order valence-corrected chi connectivity index (χ1v) is 8.67. The molecule has 4 heteroatoms. The maximum atomic E-state index is 12.9. The summed E-state index contributed by atoms with van der Waals surface area (Å²) in [5.41, 5.74) is 14.9. The van der Waals surface area contributed by atoms with Gasteiger partial charge < -0.3 is 11.5 Å². The molecular formula is C24H20N2O2. The van der Waals surface area contributed by atoms with Crippen molar-refractivity contribution in [3.8, 4) is 0 Å². The van der Waals surface area contributed by atoms with E-state index in [-0.39, 0.29) is 22.7 Å². The van der Waals surface area contributed by atoms with Crippen molar-refractivity contribution in [2.45, 2.75) is 0 Å². The predicted octanol–water partition coefficient (Wildman–Crippen LogP) is 4.64. The second kappa shape index (κ2) is 7.76. The van der Waals surface area contributed by atoms with Gasteiger partial charge in [0.05, 0.1) is 0 Å². The van der Waals surface area contributed by atoms with Crippen LogP contribution in [-0.2, 0) is 0 Å². The molecule has 3 aromatic rings. The Morgan fingerprint density at radius 3 is 1.14 bits per heavy atom. The Balaban J connectivity index is 2.00. The van der Waals surface area contributed by atoms with E-state index in [4.69, 9.17) is 11.5 Å². The molecule has 0 saturated heterocycles. The number of hydrogen-bond donors (Lipinski definition) is 2. The molecule has 0 aliphatic carbocycles. The highest BCUT2D eigenvalue weighted by atomic mass is 16.1. The molecule has 0 atom stereocenters. The first-order valence-electron chi connectivity index (χ1n) is 8.67. The average Bonchev–Trinajstić information content (AvgIpc) is 2.72. The van der Waals surface area contributed by atoms with Gasteiger partial charge in [0.1, 0.15) is 0 Å². The van der Waals surface area contributed by atoms with Crippen LogP contribution in [0.5, 0.6) is 0 Å². The monoisotopic (exact) mass is 368 g/mol. The van der Waals surface area contributed by atoms with Gasteiger partial charge in [-0.3, -0.25) is 9.59 Å². The zero-order valence-electron chi connectivity index (χ0n) is 15.3. The van der Waals surface area contributed by atoms with Gasteiger partial charge in [-0.15, -0.1) is 0 Å². The molecule has 0 spiro atoms. The number of anilines is 2. The third kappa shape index (κ3) is 3.48. The van der Waals surface area contributed by atoms with Crippen molar-refractivity contribution in [1.29, 1.82) is 0 Å². The lowest BCUT2D eigenvalue weighted by Crippen LogP contribution is -2.10. The first kappa shape index (κ1) is 18.9. The Hall–Kier alpha value is -3.92. The summed E-state index contributed by atoms with van der Waals surface area (Å²) >= 11 is 0. The third-order valence-electron chi connectivity index (χ3n) is 4.54. The molecule has 0 heterocycles. The van der Waals surface area contributed by atoms with Crippen molar-refractivity contribution in [1.82, 2.24) is 0 Å². The van der Waals surface area contributed by atoms with E-state index in [0.717, 1.165) is 0 Å². The van der Waals surface area contributed by atoms with Crippen molar-refractivity contribution in [2.24, 2.45) is 0 Å². The maximum absolute atomic E-state index is 12.9. The molecule has 4 nitrogen and oxygen atoms in total. The van der Waals surface area contributed by atoms with E-state index in [1.807, 2.05) is 0 Å². The number of ketones is 2. The highest BCUT2D eigenvalue weighted by molar-refractivity contribution is 6.34. The van der Waals surface area contributed by atoms with Gasteiger partial charge in [-0.05, 0) is 35.4 Å². The molecule has 0 aliphatic heterocycles. The van der Waals surface area contributed by atoms with Crippen molar-refractivity contribution >= 4 is 34.1 Å². The number of Topliss-reactive ketones (excluding diaryl/α,β-unsaturated/α-hetero) is 2. The van der Waals surface area contributed by atoms with Gasteiger partial charge in [-0.25, -0.2) is 0 Å². The molecule has 28 heavy (non-hydrogen) atoms. The highest BCUT2D eigenvalue weighted by Crippen LogP contribution is 2.30. The van der Waals surface area contributed by atoms with E-state index in [2.05, 4.69) is 13.2 Å². The lowest BCUT2D eigenvalue weighted by Gasteiger charge is -2.14. The van der Waals surface area contributed by atoms with Crippen molar-refractivity contribution in [2.75, 3.05) is 11.5 Å². The van der Waals surface area contributed by atoms with Gasteiger partial charge in [0.25, 0.3) is 0 Å². The van der Waals surface area contributed by atoms with Crippen LogP contribution in [0.2, 0.25) is 0 Å². The largest absolute Gasteiger partial charge is 0.398 e. The highest BCUT2D eigenvalue weighted by Gasteiger charge is 2.21. The van der Waals surface area contributed by atoms with Gasteiger partial charge in [-0.1, -0.05) is 61.7 Å². The van der Waals surface area contributed by atoms with Gasteiger partial charge in [0.2, 0.25) is 0 Å². The molecule has 0 radical (unpaired) electrons. The van der Waals surface area contributed by atoms with Crippen molar-refractivity contribution < 1.29 is 9.59 Å². The molecule has 0 saturated carbocycles. The summed E-state index contributed by atoms with van der Waals surface area (Å²) in [6.45, 7) is 7.91. The third-order valence-corrected chi connectivity index (χ3v) is 4.54. The smallest absolute Gasteiger partial charge is 0.195 e. The number of carbonyl (C=O) groups excluding carboxylic acids is 2. The van der Waals surface area contributed by atoms with Crippen molar-refractivity contribution in [3.05, 3.63) is 108 Å². The lowest BCUT2D eigenvalue weighted by molar-refractivity contribution is 0.104. The van der Waals surface area contributed by atoms with Crippen LogP contribution in [-0.4, -0.2) is 11.6 Å². The molecule has 0 amide bonds. The summed E-state index contributed by atoms with van der Waals surface area (Å²) in [6.07, 6.45) is 0. The number of hydrogen-bond acceptors (Lipinski definition) is 4. The summed E-state index contributed by atoms with van der Waals surface area (Å²) < 4.78 is 0. The molecule has 0 unspecified atom stereocenters. The molecule has 0 fully saturated rings. The number of allylic oxidation sites excluding steroid dienone is 2. The molecular weight excluding hydrogens is 348 g/mol. The van der Waals surface area contributed by atoms with Crippen LogP contribution in [0.15, 0.2) is 86.0 Å². The second-order valence-corrected chi connectivity index (χ2v) is 6.34. The Labute approximate surface area is 163 Å². The molecule has 3 aromatic carbocycles. The number of nitrogen functional groups attached to an aromatic ring is 2. The number of benzene rings is 3. The summed E-state index contributed by atoms with van der Waals surface area (Å²) in [5, 5.41) is 0. The summed E-state index contributed by atoms with van der Waals surface area (Å²) in [6, 6.07) is 20.6. The van der Waals surface area contributed by atoms with Crippen LogP contribution in [0.3, 0.4) is 0 Å². The Morgan fingerprint density at radius 2 is 0.821 bits per heavy atom. The second-order valence-electron chi connectivity index (χ2n) is 6.34. The van der Waals surface area contributed by atoms with Crippen LogP contribution >= 0.6 is 0 Å². The van der Waals surface area contributed by atoms with Crippen LogP contribution in [0.25, 0.3) is 11.1 Å². The van der Waals surface area contributed by atoms with E-state index >= 15 is 0 Å². The SMILES string of the molecule is C=C(C(=O)c1ccccc1N)c1ccccc1C(=C)C(=O)c1ccccc1N. The average molecular weight is 368 g/mol. The zero-order chi connectivity index (χ0) is 20.3. The fourth-order valence-corrected chi connectivity index (χ4v) is 2.99. The van der Waals surface area contributed by atoms with Gasteiger partial charge in [-0.2, -0.15) is 0 Å². The minimum atomic E-state index is -0.301. The quantitative estimate of drug-likeness (QED) is 0.377. The van der Waals surface area contributed by atoms with Crippen LogP contribution in [0.4, 0.5) is 11.4 Å². The van der Waals surface area contributed by atoms with E-state index in [9.17, 15) is 9.59 Å². The van der Waals surface area contributed by atoms with Gasteiger partial charge >= 0.3 is 0 Å². The fraction of sp³-hybridized carbons (Fsp3) is 0. The molecule has 0 aliphatic rings. The van der Waals surface area contributed by atoms with Crippen LogP contribution in [0.1, 0.15) is 31.8 Å². The zero-order valence-corrected chi connectivity index (χ0v) is 15.3. The van der Waals surface area contributed by atoms with Crippen LogP contribution < -0.4 is 11.5 Å². The predicted molar refractivity (Wildman–Crippen MR) is 115 cm³/mol. The summed E-state index contributed by atoms with van der Waals surface area (Å²) in [4.78, 5) is 25.8.